The molecule has 0 bridgehead atoms. The Bertz CT molecular complexity index is 1780. The van der Waals surface area contributed by atoms with E-state index in [1.807, 2.05) is 25.1 Å². The van der Waals surface area contributed by atoms with Crippen molar-refractivity contribution in [1.29, 1.82) is 0 Å². The van der Waals surface area contributed by atoms with E-state index in [1.54, 1.807) is 47.6 Å². The van der Waals surface area contributed by atoms with Crippen molar-refractivity contribution in [2.45, 2.75) is 56.2 Å². The summed E-state index contributed by atoms with van der Waals surface area (Å²) in [4.78, 5) is 30.9. The van der Waals surface area contributed by atoms with E-state index in [4.69, 9.17) is 16.3 Å². The number of benzene rings is 1. The molecule has 0 atom stereocenters. The van der Waals surface area contributed by atoms with Crippen LogP contribution in [0.5, 0.6) is 11.6 Å². The summed E-state index contributed by atoms with van der Waals surface area (Å²) < 4.78 is 33.2. The lowest BCUT2D eigenvalue weighted by Gasteiger charge is -2.38. The lowest BCUT2D eigenvalue weighted by Crippen LogP contribution is -2.49. The lowest BCUT2D eigenvalue weighted by atomic mass is 10.0. The zero-order valence-corrected chi connectivity index (χ0v) is 28.1. The van der Waals surface area contributed by atoms with Gasteiger partial charge in [0.25, 0.3) is 0 Å². The third-order valence-corrected chi connectivity index (χ3v) is 10.7. The van der Waals surface area contributed by atoms with Crippen LogP contribution in [0.3, 0.4) is 0 Å². The summed E-state index contributed by atoms with van der Waals surface area (Å²) >= 11 is 5.96. The number of amides is 2. The van der Waals surface area contributed by atoms with Crippen LogP contribution in [0.15, 0.2) is 84.1 Å². The Hall–Kier alpha value is -4.14. The topological polar surface area (TPSA) is 141 Å². The first kappa shape index (κ1) is 33.7. The minimum absolute atomic E-state index is 0.0268. The third kappa shape index (κ3) is 8.28. The summed E-state index contributed by atoms with van der Waals surface area (Å²) in [7, 11) is -3.62. The monoisotopic (exact) mass is 691 g/mol. The number of hydrogen-bond donors (Lipinski definition) is 2. The summed E-state index contributed by atoms with van der Waals surface area (Å²) in [5.74, 6) is 1.31. The van der Waals surface area contributed by atoms with E-state index in [9.17, 15) is 18.3 Å². The highest BCUT2D eigenvalue weighted by atomic mass is 35.5. The average molecular weight is 692 g/mol. The second-order valence-electron chi connectivity index (χ2n) is 12.0. The Morgan fingerprint density at radius 2 is 1.67 bits per heavy atom. The molecule has 2 aliphatic heterocycles. The summed E-state index contributed by atoms with van der Waals surface area (Å²) in [6.45, 7) is 4.80. The first-order chi connectivity index (χ1) is 23.1. The fraction of sp³-hybridized carbons (Fsp3) is 0.353. The summed E-state index contributed by atoms with van der Waals surface area (Å²) in [5, 5.41) is 13.1. The van der Waals surface area contributed by atoms with Crippen molar-refractivity contribution in [3.05, 3.63) is 95.5 Å². The van der Waals surface area contributed by atoms with Crippen molar-refractivity contribution in [2.24, 2.45) is 0 Å². The van der Waals surface area contributed by atoms with Crippen molar-refractivity contribution in [1.82, 2.24) is 24.2 Å². The van der Waals surface area contributed by atoms with Crippen molar-refractivity contribution >= 4 is 39.2 Å². The van der Waals surface area contributed by atoms with Crippen LogP contribution >= 0.6 is 11.6 Å². The van der Waals surface area contributed by atoms with Crippen LogP contribution in [0.2, 0.25) is 5.02 Å². The van der Waals surface area contributed by atoms with Gasteiger partial charge in [0.1, 0.15) is 11.6 Å². The summed E-state index contributed by atoms with van der Waals surface area (Å²) in [6.07, 6.45) is 6.98. The molecule has 2 amide bonds. The molecule has 0 unspecified atom stereocenters. The normalized spacial score (nSPS) is 16.8. The van der Waals surface area contributed by atoms with Gasteiger partial charge in [-0.2, -0.15) is 4.31 Å². The maximum absolute atomic E-state index is 13.5. The van der Waals surface area contributed by atoms with Crippen molar-refractivity contribution in [3.8, 4) is 11.6 Å². The first-order valence-electron chi connectivity index (χ1n) is 15.9. The fourth-order valence-electron chi connectivity index (χ4n) is 5.91. The van der Waals surface area contributed by atoms with Gasteiger partial charge in [0.2, 0.25) is 15.9 Å². The number of aryl methyl sites for hydroxylation is 1. The molecule has 2 saturated heterocycles. The molecule has 0 radical (unpaired) electrons. The molecule has 0 spiro atoms. The highest BCUT2D eigenvalue weighted by Gasteiger charge is 2.31. The van der Waals surface area contributed by atoms with Gasteiger partial charge in [-0.25, -0.2) is 23.2 Å². The SMILES string of the molecule is Cc1ccc(N(C(=O)Nc2ccc(Cl)cn2)C2CCN(Cc3ccc(Oc4ccc(S(=O)(=O)N5CCC(O)CC5)cc4)nc3)CC2)cn1. The van der Waals surface area contributed by atoms with Gasteiger partial charge in [-0.3, -0.25) is 20.1 Å². The molecule has 252 valence electrons. The van der Waals surface area contributed by atoms with E-state index in [2.05, 4.69) is 25.2 Å². The zero-order valence-electron chi connectivity index (χ0n) is 26.6. The van der Waals surface area contributed by atoms with Crippen molar-refractivity contribution in [2.75, 3.05) is 36.4 Å². The van der Waals surface area contributed by atoms with E-state index in [1.165, 1.54) is 22.6 Å². The van der Waals surface area contributed by atoms with Crippen LogP contribution in [0.1, 0.15) is 36.9 Å². The first-order valence-corrected chi connectivity index (χ1v) is 17.7. The number of piperidine rings is 2. The molecule has 2 fully saturated rings. The Morgan fingerprint density at radius 1 is 0.917 bits per heavy atom. The van der Waals surface area contributed by atoms with Crippen LogP contribution in [0.4, 0.5) is 16.3 Å². The molecule has 2 N–H and O–H groups in total. The number of aromatic nitrogens is 3. The number of anilines is 2. The number of carbonyl (C=O) groups excluding carboxylic acids is 1. The van der Waals surface area contributed by atoms with Crippen LogP contribution in [-0.2, 0) is 16.6 Å². The van der Waals surface area contributed by atoms with E-state index < -0.39 is 16.1 Å². The Labute approximate surface area is 285 Å². The average Bonchev–Trinajstić information content (AvgIpc) is 3.09. The standard InChI is InChI=1S/C34H38ClN7O5S/c1-24-2-5-28(22-36-24)42(34(44)39-32-10-4-26(35)21-37-32)27-12-16-40(17-13-27)23-25-3-11-33(38-20-25)47-30-6-8-31(9-7-30)48(45,46)41-18-14-29(43)15-19-41/h2-11,20-22,27,29,43H,12-19,23H2,1H3,(H,37,39,44). The minimum atomic E-state index is -3.62. The molecular weight excluding hydrogens is 654 g/mol. The second kappa shape index (κ2) is 15.0. The second-order valence-corrected chi connectivity index (χ2v) is 14.4. The molecule has 0 saturated carbocycles. The van der Waals surface area contributed by atoms with Crippen LogP contribution in [-0.4, -0.2) is 82.0 Å². The lowest BCUT2D eigenvalue weighted by molar-refractivity contribution is 0.113. The Kier molecular flexibility index (Phi) is 10.5. The molecule has 0 aliphatic carbocycles. The number of sulfonamides is 1. The van der Waals surface area contributed by atoms with Gasteiger partial charge < -0.3 is 9.84 Å². The zero-order chi connectivity index (χ0) is 33.7. The number of rotatable bonds is 9. The van der Waals surface area contributed by atoms with Crippen molar-refractivity contribution < 1.29 is 23.1 Å². The number of carbonyl (C=O) groups is 1. The maximum Gasteiger partial charge on any atom is 0.327 e. The summed E-state index contributed by atoms with van der Waals surface area (Å²) in [5.41, 5.74) is 2.63. The molecule has 12 nitrogen and oxygen atoms in total. The predicted octanol–water partition coefficient (Wildman–Crippen LogP) is 5.47. The molecule has 5 heterocycles. The largest absolute Gasteiger partial charge is 0.439 e. The number of halogens is 1. The van der Waals surface area contributed by atoms with E-state index in [-0.39, 0.29) is 17.0 Å². The minimum Gasteiger partial charge on any atom is -0.439 e. The molecule has 48 heavy (non-hydrogen) atoms. The van der Waals surface area contributed by atoms with Gasteiger partial charge in [-0.05, 0) is 86.7 Å². The molecular formula is C34H38ClN7O5S. The van der Waals surface area contributed by atoms with Gasteiger partial charge in [0.05, 0.1) is 27.9 Å². The molecule has 2 aliphatic rings. The number of hydrogen-bond acceptors (Lipinski definition) is 9. The molecule has 4 aromatic rings. The number of likely N-dealkylation sites (tertiary alicyclic amines) is 1. The Balaban J connectivity index is 1.03. The van der Waals surface area contributed by atoms with Crippen molar-refractivity contribution in [3.63, 3.8) is 0 Å². The van der Waals surface area contributed by atoms with Crippen LogP contribution < -0.4 is 15.0 Å². The van der Waals surface area contributed by atoms with E-state index in [0.717, 1.165) is 42.9 Å². The number of urea groups is 1. The third-order valence-electron chi connectivity index (χ3n) is 8.59. The number of ether oxygens (including phenoxy) is 1. The number of pyridine rings is 3. The Morgan fingerprint density at radius 3 is 2.29 bits per heavy atom. The molecule has 3 aromatic heterocycles. The van der Waals surface area contributed by atoms with Gasteiger partial charge in [-0.15, -0.1) is 0 Å². The van der Waals surface area contributed by atoms with Gasteiger partial charge >= 0.3 is 6.03 Å². The maximum atomic E-state index is 13.5. The highest BCUT2D eigenvalue weighted by molar-refractivity contribution is 7.89. The molecule has 1 aromatic carbocycles. The number of aliphatic hydroxyl groups excluding tert-OH is 1. The van der Waals surface area contributed by atoms with Crippen LogP contribution in [0, 0.1) is 6.92 Å². The quantitative estimate of drug-likeness (QED) is 0.234. The number of aliphatic hydroxyl groups is 1. The molecule has 6 rings (SSSR count). The fourth-order valence-corrected chi connectivity index (χ4v) is 7.49. The van der Waals surface area contributed by atoms with Crippen LogP contribution in [0.25, 0.3) is 0 Å². The van der Waals surface area contributed by atoms with Gasteiger partial charge in [-0.1, -0.05) is 17.7 Å². The van der Waals surface area contributed by atoms with Gasteiger partial charge in [0, 0.05) is 62.9 Å². The van der Waals surface area contributed by atoms with E-state index in [0.29, 0.717) is 54.9 Å². The molecule has 14 heteroatoms. The smallest absolute Gasteiger partial charge is 0.327 e. The number of nitrogens with zero attached hydrogens (tertiary/aromatic N) is 6. The predicted molar refractivity (Wildman–Crippen MR) is 183 cm³/mol. The van der Waals surface area contributed by atoms with E-state index >= 15 is 0 Å². The number of nitrogens with one attached hydrogen (secondary N) is 1. The summed E-state index contributed by atoms with van der Waals surface area (Å²) in [6, 6.07) is 16.9. The van der Waals surface area contributed by atoms with Gasteiger partial charge in [0.15, 0.2) is 0 Å². The highest BCUT2D eigenvalue weighted by Crippen LogP contribution is 2.28.